The summed E-state index contributed by atoms with van der Waals surface area (Å²) in [5.74, 6) is 3.59. The molecule has 0 saturated carbocycles. The highest BCUT2D eigenvalue weighted by Gasteiger charge is 2.41. The third-order valence-corrected chi connectivity index (χ3v) is 6.83. The summed E-state index contributed by atoms with van der Waals surface area (Å²) in [6.07, 6.45) is 2.51. The summed E-state index contributed by atoms with van der Waals surface area (Å²) in [5.41, 5.74) is 0.645. The summed E-state index contributed by atoms with van der Waals surface area (Å²) in [6.45, 7) is 14.8. The van der Waals surface area contributed by atoms with E-state index in [4.69, 9.17) is 9.73 Å². The number of guanidine groups is 1. The molecule has 0 amide bonds. The predicted molar refractivity (Wildman–Crippen MR) is 103 cm³/mol. The third kappa shape index (κ3) is 4.20. The standard InChI is InChI=1S/C18H34N4OS/c1-4-19-16(21-7-5-17(2,3)14-21)20-13-18(6-12-24-15-18)22-8-10-23-11-9-22/h4-15H2,1-3H3,(H,19,20). The van der Waals surface area contributed by atoms with Gasteiger partial charge in [-0.1, -0.05) is 13.8 Å². The van der Waals surface area contributed by atoms with Crippen LogP contribution in [0.2, 0.25) is 0 Å². The van der Waals surface area contributed by atoms with Crippen LogP contribution in [0.4, 0.5) is 0 Å². The molecule has 1 N–H and O–H groups in total. The molecule has 0 spiro atoms. The molecule has 0 aromatic rings. The van der Waals surface area contributed by atoms with Crippen LogP contribution in [0.3, 0.4) is 0 Å². The van der Waals surface area contributed by atoms with Gasteiger partial charge in [-0.2, -0.15) is 11.8 Å². The van der Waals surface area contributed by atoms with Crippen molar-refractivity contribution >= 4 is 17.7 Å². The molecular weight excluding hydrogens is 320 g/mol. The number of nitrogens with one attached hydrogen (secondary N) is 1. The van der Waals surface area contributed by atoms with E-state index in [9.17, 15) is 0 Å². The molecule has 3 saturated heterocycles. The average molecular weight is 355 g/mol. The molecule has 3 fully saturated rings. The first-order valence-corrected chi connectivity index (χ1v) is 10.6. The minimum atomic E-state index is 0.240. The molecular formula is C18H34N4OS. The van der Waals surface area contributed by atoms with Crippen molar-refractivity contribution < 1.29 is 4.74 Å². The number of ether oxygens (including phenoxy) is 1. The molecule has 1 unspecified atom stereocenters. The van der Waals surface area contributed by atoms with Crippen LogP contribution in [0.1, 0.15) is 33.6 Å². The van der Waals surface area contributed by atoms with Crippen molar-refractivity contribution in [3.05, 3.63) is 0 Å². The van der Waals surface area contributed by atoms with Crippen molar-refractivity contribution in [3.63, 3.8) is 0 Å². The molecule has 0 aromatic carbocycles. The fraction of sp³-hybridized carbons (Fsp3) is 0.944. The van der Waals surface area contributed by atoms with E-state index in [0.29, 0.717) is 5.41 Å². The molecule has 0 bridgehead atoms. The summed E-state index contributed by atoms with van der Waals surface area (Å²) in [5, 5.41) is 3.53. The van der Waals surface area contributed by atoms with Crippen LogP contribution in [0, 0.1) is 5.41 Å². The molecule has 3 aliphatic rings. The van der Waals surface area contributed by atoms with Gasteiger partial charge in [-0.3, -0.25) is 9.89 Å². The smallest absolute Gasteiger partial charge is 0.193 e. The van der Waals surface area contributed by atoms with Crippen LogP contribution in [0.15, 0.2) is 4.99 Å². The summed E-state index contributed by atoms with van der Waals surface area (Å²) < 4.78 is 5.57. The largest absolute Gasteiger partial charge is 0.379 e. The SMILES string of the molecule is CCNC(=NCC1(N2CCOCC2)CCSC1)N1CCC(C)(C)C1. The van der Waals surface area contributed by atoms with E-state index in [1.807, 2.05) is 0 Å². The van der Waals surface area contributed by atoms with Crippen LogP contribution < -0.4 is 5.32 Å². The summed E-state index contributed by atoms with van der Waals surface area (Å²) >= 11 is 2.09. The van der Waals surface area contributed by atoms with Gasteiger partial charge in [0.1, 0.15) is 0 Å². The molecule has 0 aromatic heterocycles. The number of rotatable bonds is 4. The second-order valence-corrected chi connectivity index (χ2v) is 9.24. The van der Waals surface area contributed by atoms with Crippen LogP contribution >= 0.6 is 11.8 Å². The predicted octanol–water partition coefficient (Wildman–Crippen LogP) is 1.89. The number of morpholine rings is 1. The molecule has 3 aliphatic heterocycles. The highest BCUT2D eigenvalue weighted by molar-refractivity contribution is 7.99. The monoisotopic (exact) mass is 354 g/mol. The van der Waals surface area contributed by atoms with E-state index in [2.05, 4.69) is 47.6 Å². The highest BCUT2D eigenvalue weighted by atomic mass is 32.2. The first-order chi connectivity index (χ1) is 11.5. The van der Waals surface area contributed by atoms with E-state index in [1.54, 1.807) is 0 Å². The van der Waals surface area contributed by atoms with Gasteiger partial charge < -0.3 is 15.0 Å². The zero-order valence-electron chi connectivity index (χ0n) is 15.6. The number of aliphatic imine (C=N–C) groups is 1. The van der Waals surface area contributed by atoms with Crippen LogP contribution in [0.25, 0.3) is 0 Å². The highest BCUT2D eigenvalue weighted by Crippen LogP contribution is 2.35. The lowest BCUT2D eigenvalue weighted by Crippen LogP contribution is -2.56. The minimum absolute atomic E-state index is 0.240. The number of nitrogens with zero attached hydrogens (tertiary/aromatic N) is 3. The zero-order chi connectivity index (χ0) is 17.0. The number of hydrogen-bond acceptors (Lipinski definition) is 4. The molecule has 0 radical (unpaired) electrons. The van der Waals surface area contributed by atoms with Gasteiger partial charge in [-0.15, -0.1) is 0 Å². The Kier molecular flexibility index (Phi) is 5.98. The van der Waals surface area contributed by atoms with Gasteiger partial charge in [0.2, 0.25) is 0 Å². The summed E-state index contributed by atoms with van der Waals surface area (Å²) in [6, 6.07) is 0. The summed E-state index contributed by atoms with van der Waals surface area (Å²) in [4.78, 5) is 10.2. The number of likely N-dealkylation sites (tertiary alicyclic amines) is 1. The minimum Gasteiger partial charge on any atom is -0.379 e. The molecule has 138 valence electrons. The Morgan fingerprint density at radius 2 is 2.00 bits per heavy atom. The summed E-state index contributed by atoms with van der Waals surface area (Å²) in [7, 11) is 0. The Balaban J connectivity index is 1.71. The topological polar surface area (TPSA) is 40.1 Å². The first kappa shape index (κ1) is 18.3. The Bertz CT molecular complexity index is 442. The fourth-order valence-corrected chi connectivity index (χ4v) is 5.52. The van der Waals surface area contributed by atoms with Crippen molar-refractivity contribution in [1.29, 1.82) is 0 Å². The molecule has 5 nitrogen and oxygen atoms in total. The van der Waals surface area contributed by atoms with Gasteiger partial charge in [-0.25, -0.2) is 0 Å². The molecule has 6 heteroatoms. The van der Waals surface area contributed by atoms with Crippen LogP contribution in [-0.2, 0) is 4.74 Å². The lowest BCUT2D eigenvalue weighted by molar-refractivity contribution is -0.0105. The maximum Gasteiger partial charge on any atom is 0.193 e. The van der Waals surface area contributed by atoms with E-state index < -0.39 is 0 Å². The van der Waals surface area contributed by atoms with Crippen LogP contribution in [-0.4, -0.2) is 85.3 Å². The maximum absolute atomic E-state index is 5.57. The number of thioether (sulfide) groups is 1. The van der Waals surface area contributed by atoms with Crippen molar-refractivity contribution in [2.24, 2.45) is 10.4 Å². The third-order valence-electron chi connectivity index (χ3n) is 5.60. The number of hydrogen-bond donors (Lipinski definition) is 1. The first-order valence-electron chi connectivity index (χ1n) is 9.49. The van der Waals surface area contributed by atoms with Crippen molar-refractivity contribution in [3.8, 4) is 0 Å². The van der Waals surface area contributed by atoms with E-state index in [0.717, 1.165) is 58.4 Å². The van der Waals surface area contributed by atoms with Gasteiger partial charge >= 0.3 is 0 Å². The van der Waals surface area contributed by atoms with Gasteiger partial charge in [0.25, 0.3) is 0 Å². The van der Waals surface area contributed by atoms with Crippen LogP contribution in [0.5, 0.6) is 0 Å². The van der Waals surface area contributed by atoms with Gasteiger partial charge in [0.15, 0.2) is 5.96 Å². The zero-order valence-corrected chi connectivity index (χ0v) is 16.5. The normalized spacial score (nSPS) is 31.6. The lowest BCUT2D eigenvalue weighted by atomic mass is 9.93. The Hall–Kier alpha value is -0.460. The second-order valence-electron chi connectivity index (χ2n) is 8.13. The van der Waals surface area contributed by atoms with E-state index in [1.165, 1.54) is 24.3 Å². The molecule has 24 heavy (non-hydrogen) atoms. The fourth-order valence-electron chi connectivity index (χ4n) is 4.05. The Morgan fingerprint density at radius 1 is 1.21 bits per heavy atom. The molecule has 1 atom stereocenters. The Labute approximate surface area is 151 Å². The van der Waals surface area contributed by atoms with E-state index in [-0.39, 0.29) is 5.54 Å². The second kappa shape index (κ2) is 7.83. The van der Waals surface area contributed by atoms with Gasteiger partial charge in [0, 0.05) is 38.5 Å². The maximum atomic E-state index is 5.57. The van der Waals surface area contributed by atoms with Crippen molar-refractivity contribution in [2.75, 3.05) is 64.0 Å². The van der Waals surface area contributed by atoms with Crippen molar-refractivity contribution in [2.45, 2.75) is 39.2 Å². The Morgan fingerprint density at radius 3 is 2.58 bits per heavy atom. The lowest BCUT2D eigenvalue weighted by Gasteiger charge is -2.42. The van der Waals surface area contributed by atoms with Gasteiger partial charge in [-0.05, 0) is 30.9 Å². The van der Waals surface area contributed by atoms with Crippen molar-refractivity contribution in [1.82, 2.24) is 15.1 Å². The average Bonchev–Trinajstić information content (AvgIpc) is 3.20. The molecule has 3 rings (SSSR count). The molecule has 3 heterocycles. The van der Waals surface area contributed by atoms with E-state index >= 15 is 0 Å². The molecule has 0 aliphatic carbocycles. The van der Waals surface area contributed by atoms with Gasteiger partial charge in [0.05, 0.1) is 25.3 Å². The quantitative estimate of drug-likeness (QED) is 0.617.